The molecule has 5 rings (SSSR count). The summed E-state index contributed by atoms with van der Waals surface area (Å²) < 4.78 is 14.1. The second kappa shape index (κ2) is 10.2. The van der Waals surface area contributed by atoms with Crippen LogP contribution in [0.15, 0.2) is 60.9 Å². The van der Waals surface area contributed by atoms with Crippen LogP contribution in [-0.4, -0.2) is 31.1 Å². The van der Waals surface area contributed by atoms with Crippen molar-refractivity contribution in [3.8, 4) is 11.5 Å². The highest BCUT2D eigenvalue weighted by molar-refractivity contribution is 6.74. The third-order valence-corrected chi connectivity index (χ3v) is 12.7. The number of aromatic nitrogens is 2. The van der Waals surface area contributed by atoms with Gasteiger partial charge in [0, 0.05) is 12.4 Å². The van der Waals surface area contributed by atoms with Gasteiger partial charge in [0.1, 0.15) is 22.8 Å². The van der Waals surface area contributed by atoms with Gasteiger partial charge < -0.3 is 13.6 Å². The molecule has 0 saturated heterocycles. The summed E-state index contributed by atoms with van der Waals surface area (Å²) in [6.45, 7) is 13.6. The number of carbonyl (C=O) groups excluding carboxylic acids is 1. The highest BCUT2D eigenvalue weighted by Gasteiger charge is 2.39. The molecular formula is C33H38N2O3Si. The summed E-state index contributed by atoms with van der Waals surface area (Å²) in [5, 5.41) is 0.129. The third-order valence-electron chi connectivity index (χ3n) is 8.35. The second-order valence-corrected chi connectivity index (χ2v) is 16.8. The Morgan fingerprint density at radius 2 is 1.72 bits per heavy atom. The maximum Gasteiger partial charge on any atom is 0.250 e. The first-order valence-corrected chi connectivity index (χ1v) is 16.6. The molecule has 0 N–H and O–H groups in total. The van der Waals surface area contributed by atoms with E-state index in [1.165, 1.54) is 33.4 Å². The average molecular weight is 539 g/mol. The molecule has 2 aromatic carbocycles. The number of rotatable bonds is 6. The number of benzene rings is 2. The zero-order valence-corrected chi connectivity index (χ0v) is 25.1. The van der Waals surface area contributed by atoms with Crippen LogP contribution in [0.1, 0.15) is 71.9 Å². The zero-order chi connectivity index (χ0) is 27.9. The van der Waals surface area contributed by atoms with E-state index in [2.05, 4.69) is 88.2 Å². The number of aldehydes is 1. The monoisotopic (exact) mass is 538 g/mol. The molecule has 0 bridgehead atoms. The fourth-order valence-corrected chi connectivity index (χ4v) is 6.21. The number of hydrogen-bond donors (Lipinski definition) is 0. The predicted molar refractivity (Wildman–Crippen MR) is 161 cm³/mol. The van der Waals surface area contributed by atoms with Gasteiger partial charge in [-0.3, -0.25) is 4.79 Å². The quantitative estimate of drug-likeness (QED) is 0.184. The molecule has 2 heterocycles. The molecular weight excluding hydrogens is 500 g/mol. The van der Waals surface area contributed by atoms with Crippen LogP contribution in [0.3, 0.4) is 0 Å². The van der Waals surface area contributed by atoms with Gasteiger partial charge in [0.15, 0.2) is 6.29 Å². The SMILES string of the molecule is COc1ccc(C2=C(c3ccn4cc(C=O)nc4c3)c3ccc(O[Si](C)(C)C(C)(C)C)cc3CCC2)c(C)c1. The largest absolute Gasteiger partial charge is 0.543 e. The van der Waals surface area contributed by atoms with Gasteiger partial charge in [-0.1, -0.05) is 32.9 Å². The Morgan fingerprint density at radius 1 is 0.974 bits per heavy atom. The van der Waals surface area contributed by atoms with Crippen molar-refractivity contribution in [2.24, 2.45) is 0 Å². The molecule has 2 aromatic heterocycles. The molecule has 0 fully saturated rings. The van der Waals surface area contributed by atoms with Gasteiger partial charge in [-0.25, -0.2) is 4.98 Å². The first-order valence-electron chi connectivity index (χ1n) is 13.7. The molecule has 0 atom stereocenters. The van der Waals surface area contributed by atoms with Crippen molar-refractivity contribution >= 4 is 31.4 Å². The fraction of sp³-hybridized carbons (Fsp3) is 0.333. The van der Waals surface area contributed by atoms with E-state index < -0.39 is 8.32 Å². The Hall–Kier alpha value is -3.64. The van der Waals surface area contributed by atoms with E-state index in [0.717, 1.165) is 48.3 Å². The van der Waals surface area contributed by atoms with Crippen LogP contribution in [0.5, 0.6) is 11.5 Å². The van der Waals surface area contributed by atoms with E-state index in [0.29, 0.717) is 5.69 Å². The minimum Gasteiger partial charge on any atom is -0.543 e. The molecule has 6 heteroatoms. The van der Waals surface area contributed by atoms with Crippen LogP contribution >= 0.6 is 0 Å². The van der Waals surface area contributed by atoms with Gasteiger partial charge in [0.2, 0.25) is 8.32 Å². The molecule has 0 saturated carbocycles. The lowest BCUT2D eigenvalue weighted by Crippen LogP contribution is -2.43. The Kier molecular flexibility index (Phi) is 7.02. The van der Waals surface area contributed by atoms with E-state index in [4.69, 9.17) is 9.16 Å². The van der Waals surface area contributed by atoms with Crippen LogP contribution < -0.4 is 9.16 Å². The summed E-state index contributed by atoms with van der Waals surface area (Å²) in [5.41, 5.74) is 9.78. The van der Waals surface area contributed by atoms with Crippen molar-refractivity contribution in [1.29, 1.82) is 0 Å². The number of pyridine rings is 1. The summed E-state index contributed by atoms with van der Waals surface area (Å²) in [6.07, 6.45) is 7.53. The first-order chi connectivity index (χ1) is 18.5. The highest BCUT2D eigenvalue weighted by Crippen LogP contribution is 2.43. The molecule has 1 aliphatic rings. The maximum absolute atomic E-state index is 11.4. The summed E-state index contributed by atoms with van der Waals surface area (Å²) in [7, 11) is -0.256. The average Bonchev–Trinajstić information content (AvgIpc) is 3.21. The Morgan fingerprint density at radius 3 is 2.41 bits per heavy atom. The van der Waals surface area contributed by atoms with E-state index >= 15 is 0 Å². The van der Waals surface area contributed by atoms with E-state index in [9.17, 15) is 4.79 Å². The molecule has 4 aromatic rings. The number of imidazole rings is 1. The Bertz CT molecular complexity index is 1590. The van der Waals surface area contributed by atoms with E-state index in [1.54, 1.807) is 13.3 Å². The molecule has 0 aliphatic heterocycles. The van der Waals surface area contributed by atoms with Crippen LogP contribution in [0.4, 0.5) is 0 Å². The summed E-state index contributed by atoms with van der Waals surface area (Å²) in [4.78, 5) is 15.9. The van der Waals surface area contributed by atoms with E-state index in [-0.39, 0.29) is 5.04 Å². The minimum atomic E-state index is -1.96. The number of allylic oxidation sites excluding steroid dienone is 1. The van der Waals surface area contributed by atoms with Gasteiger partial charge in [-0.2, -0.15) is 0 Å². The molecule has 202 valence electrons. The highest BCUT2D eigenvalue weighted by atomic mass is 28.4. The number of fused-ring (bicyclic) bond motifs is 2. The lowest BCUT2D eigenvalue weighted by atomic mass is 9.86. The number of aryl methyl sites for hydroxylation is 2. The van der Waals surface area contributed by atoms with Gasteiger partial charge in [-0.05, 0) is 120 Å². The molecule has 0 spiro atoms. The Balaban J connectivity index is 1.71. The molecule has 0 radical (unpaired) electrons. The number of ether oxygens (including phenoxy) is 1. The van der Waals surface area contributed by atoms with Gasteiger partial charge >= 0.3 is 0 Å². The van der Waals surface area contributed by atoms with Crippen molar-refractivity contribution < 1.29 is 14.0 Å². The number of nitrogens with zero attached hydrogens (tertiary/aromatic N) is 2. The van der Waals surface area contributed by atoms with Gasteiger partial charge in [0.05, 0.1) is 7.11 Å². The van der Waals surface area contributed by atoms with Gasteiger partial charge in [0.25, 0.3) is 0 Å². The fourth-order valence-electron chi connectivity index (χ4n) is 5.19. The second-order valence-electron chi connectivity index (χ2n) is 12.0. The van der Waals surface area contributed by atoms with E-state index in [1.807, 2.05) is 16.7 Å². The topological polar surface area (TPSA) is 52.8 Å². The zero-order valence-electron chi connectivity index (χ0n) is 24.1. The standard InChI is InChI=1S/C33H38N2O3Si/c1-22-17-26(37-5)11-13-28(22)30-10-8-9-23-18-27(38-39(6,7)33(2,3)4)12-14-29(23)32(30)24-15-16-35-20-25(21-36)34-31(35)19-24/h11-21H,8-10H2,1-7H3. The van der Waals surface area contributed by atoms with Crippen LogP contribution in [0.25, 0.3) is 16.8 Å². The molecule has 1 aliphatic carbocycles. The van der Waals surface area contributed by atoms with Crippen LogP contribution in [-0.2, 0) is 6.42 Å². The van der Waals surface area contributed by atoms with Crippen molar-refractivity contribution in [2.45, 2.75) is 65.1 Å². The third kappa shape index (κ3) is 5.18. The van der Waals surface area contributed by atoms with Gasteiger partial charge in [-0.15, -0.1) is 0 Å². The lowest BCUT2D eigenvalue weighted by Gasteiger charge is -2.36. The van der Waals surface area contributed by atoms with Crippen molar-refractivity contribution in [2.75, 3.05) is 7.11 Å². The first kappa shape index (κ1) is 26.9. The summed E-state index contributed by atoms with van der Waals surface area (Å²) in [5.74, 6) is 1.82. The maximum atomic E-state index is 11.4. The molecule has 0 amide bonds. The van der Waals surface area contributed by atoms with Crippen molar-refractivity contribution in [3.63, 3.8) is 0 Å². The smallest absolute Gasteiger partial charge is 0.250 e. The molecule has 39 heavy (non-hydrogen) atoms. The predicted octanol–water partition coefficient (Wildman–Crippen LogP) is 8.14. The molecule has 5 nitrogen and oxygen atoms in total. The van der Waals surface area contributed by atoms with Crippen molar-refractivity contribution in [3.05, 3.63) is 94.4 Å². The minimum absolute atomic E-state index is 0.129. The summed E-state index contributed by atoms with van der Waals surface area (Å²) in [6, 6.07) is 17.2. The number of methoxy groups -OCH3 is 1. The van der Waals surface area contributed by atoms with Crippen molar-refractivity contribution in [1.82, 2.24) is 9.38 Å². The molecule has 0 unspecified atom stereocenters. The summed E-state index contributed by atoms with van der Waals surface area (Å²) >= 11 is 0. The van der Waals surface area contributed by atoms with Crippen LogP contribution in [0, 0.1) is 6.92 Å². The van der Waals surface area contributed by atoms with Crippen LogP contribution in [0.2, 0.25) is 18.1 Å². The number of carbonyl (C=O) groups is 1. The number of hydrogen-bond acceptors (Lipinski definition) is 4. The Labute approximate surface area is 232 Å². The normalized spacial score (nSPS) is 14.2. The lowest BCUT2D eigenvalue weighted by molar-refractivity contribution is 0.111.